The first kappa shape index (κ1) is 8.09. The van der Waals surface area contributed by atoms with Crippen molar-refractivity contribution in [2.75, 3.05) is 13.1 Å². The van der Waals surface area contributed by atoms with Crippen molar-refractivity contribution in [1.82, 2.24) is 5.32 Å². The number of phenols is 1. The molecule has 0 amide bonds. The van der Waals surface area contributed by atoms with Crippen molar-refractivity contribution >= 4 is 0 Å². The molecule has 1 saturated heterocycles. The molecule has 2 rings (SSSR count). The predicted octanol–water partition coefficient (Wildman–Crippen LogP) is 0.951. The number of benzene rings is 1. The molecule has 0 aliphatic carbocycles. The number of nitrogens with zero attached hydrogens (tertiary/aromatic N) is 1. The van der Waals surface area contributed by atoms with Crippen LogP contribution in [0.25, 0.3) is 0 Å². The van der Waals surface area contributed by atoms with E-state index in [1.807, 2.05) is 0 Å². The van der Waals surface area contributed by atoms with Crippen LogP contribution >= 0.6 is 0 Å². The zero-order valence-corrected chi connectivity index (χ0v) is 7.12. The minimum absolute atomic E-state index is 0.297. The van der Waals surface area contributed by atoms with E-state index in [2.05, 4.69) is 11.4 Å². The van der Waals surface area contributed by atoms with Crippen LogP contribution in [0.2, 0.25) is 0 Å². The summed E-state index contributed by atoms with van der Waals surface area (Å²) in [5, 5.41) is 21.3. The molecule has 1 aliphatic heterocycles. The fourth-order valence-corrected chi connectivity index (χ4v) is 1.46. The Balaban J connectivity index is 2.37. The van der Waals surface area contributed by atoms with Crippen molar-refractivity contribution in [1.29, 1.82) is 5.26 Å². The van der Waals surface area contributed by atoms with Gasteiger partial charge in [0.1, 0.15) is 5.75 Å². The van der Waals surface area contributed by atoms with Crippen molar-refractivity contribution in [3.05, 3.63) is 29.3 Å². The topological polar surface area (TPSA) is 56.0 Å². The van der Waals surface area contributed by atoms with Gasteiger partial charge in [-0.1, -0.05) is 0 Å². The second-order valence-corrected chi connectivity index (χ2v) is 3.24. The fraction of sp³-hybridized carbons (Fsp3) is 0.300. The highest BCUT2D eigenvalue weighted by atomic mass is 16.3. The molecular formula is C10H10N2O. The molecule has 1 aromatic rings. The zero-order chi connectivity index (χ0) is 9.26. The van der Waals surface area contributed by atoms with E-state index >= 15 is 0 Å². The van der Waals surface area contributed by atoms with Gasteiger partial charge < -0.3 is 10.4 Å². The molecule has 0 aromatic heterocycles. The van der Waals surface area contributed by atoms with E-state index in [0.29, 0.717) is 17.2 Å². The molecule has 1 fully saturated rings. The van der Waals surface area contributed by atoms with Gasteiger partial charge in [0, 0.05) is 24.6 Å². The molecule has 0 spiro atoms. The summed E-state index contributed by atoms with van der Waals surface area (Å²) in [6, 6.07) is 7.05. The second-order valence-electron chi connectivity index (χ2n) is 3.24. The molecule has 2 N–H and O–H groups in total. The lowest BCUT2D eigenvalue weighted by Crippen LogP contribution is -2.39. The van der Waals surface area contributed by atoms with Crippen LogP contribution in [0.3, 0.4) is 0 Å². The molecule has 0 bridgehead atoms. The Morgan fingerprint density at radius 1 is 1.46 bits per heavy atom. The van der Waals surface area contributed by atoms with Crippen LogP contribution in [-0.4, -0.2) is 18.2 Å². The van der Waals surface area contributed by atoms with Crippen LogP contribution in [0.1, 0.15) is 17.0 Å². The minimum Gasteiger partial charge on any atom is -0.508 e. The first-order valence-corrected chi connectivity index (χ1v) is 4.25. The third-order valence-electron chi connectivity index (χ3n) is 2.38. The normalized spacial score (nSPS) is 16.2. The fourth-order valence-electron chi connectivity index (χ4n) is 1.46. The van der Waals surface area contributed by atoms with E-state index in [1.54, 1.807) is 18.2 Å². The van der Waals surface area contributed by atoms with E-state index in [4.69, 9.17) is 5.26 Å². The van der Waals surface area contributed by atoms with Gasteiger partial charge in [0.25, 0.3) is 0 Å². The van der Waals surface area contributed by atoms with Crippen LogP contribution < -0.4 is 5.32 Å². The second kappa shape index (κ2) is 3.08. The monoisotopic (exact) mass is 174 g/mol. The Morgan fingerprint density at radius 2 is 2.23 bits per heavy atom. The van der Waals surface area contributed by atoms with Gasteiger partial charge >= 0.3 is 0 Å². The van der Waals surface area contributed by atoms with Crippen LogP contribution in [0.5, 0.6) is 5.75 Å². The van der Waals surface area contributed by atoms with E-state index < -0.39 is 0 Å². The van der Waals surface area contributed by atoms with Gasteiger partial charge in [-0.05, 0) is 18.2 Å². The third kappa shape index (κ3) is 1.36. The van der Waals surface area contributed by atoms with Crippen molar-refractivity contribution in [2.45, 2.75) is 5.92 Å². The van der Waals surface area contributed by atoms with Gasteiger partial charge in [-0.2, -0.15) is 5.26 Å². The maximum absolute atomic E-state index is 9.53. The lowest BCUT2D eigenvalue weighted by Gasteiger charge is -2.28. The molecule has 0 unspecified atom stereocenters. The summed E-state index contributed by atoms with van der Waals surface area (Å²) in [4.78, 5) is 0. The minimum atomic E-state index is 0.297. The number of hydrogen-bond acceptors (Lipinski definition) is 3. The van der Waals surface area contributed by atoms with Crippen LogP contribution in [0.15, 0.2) is 18.2 Å². The maximum atomic E-state index is 9.53. The number of phenolic OH excluding ortho intramolecular Hbond substituents is 1. The molecule has 3 nitrogen and oxygen atoms in total. The Bertz CT molecular complexity index is 364. The van der Waals surface area contributed by atoms with Gasteiger partial charge in [-0.25, -0.2) is 0 Å². The Morgan fingerprint density at radius 3 is 2.77 bits per heavy atom. The molecule has 66 valence electrons. The number of rotatable bonds is 1. The summed E-state index contributed by atoms with van der Waals surface area (Å²) in [5.41, 5.74) is 1.50. The summed E-state index contributed by atoms with van der Waals surface area (Å²) in [7, 11) is 0. The molecule has 0 radical (unpaired) electrons. The zero-order valence-electron chi connectivity index (χ0n) is 7.12. The van der Waals surface area contributed by atoms with Crippen LogP contribution in [0, 0.1) is 11.3 Å². The van der Waals surface area contributed by atoms with Crippen molar-refractivity contribution < 1.29 is 5.11 Å². The highest BCUT2D eigenvalue weighted by molar-refractivity contribution is 5.44. The van der Waals surface area contributed by atoms with Crippen molar-refractivity contribution in [3.8, 4) is 11.8 Å². The highest BCUT2D eigenvalue weighted by Gasteiger charge is 2.21. The van der Waals surface area contributed by atoms with Crippen molar-refractivity contribution in [2.24, 2.45) is 0 Å². The SMILES string of the molecule is N#Cc1ccc(O)c(C2CNC2)c1. The van der Waals surface area contributed by atoms with Gasteiger partial charge in [-0.3, -0.25) is 0 Å². The smallest absolute Gasteiger partial charge is 0.119 e. The molecule has 13 heavy (non-hydrogen) atoms. The van der Waals surface area contributed by atoms with Gasteiger partial charge in [-0.15, -0.1) is 0 Å². The van der Waals surface area contributed by atoms with Gasteiger partial charge in [0.15, 0.2) is 0 Å². The molecule has 0 saturated carbocycles. The van der Waals surface area contributed by atoms with Gasteiger partial charge in [0.05, 0.1) is 11.6 Å². The largest absolute Gasteiger partial charge is 0.508 e. The molecule has 0 atom stereocenters. The number of nitrogens with one attached hydrogen (secondary N) is 1. The maximum Gasteiger partial charge on any atom is 0.119 e. The summed E-state index contributed by atoms with van der Waals surface area (Å²) < 4.78 is 0. The Hall–Kier alpha value is -1.53. The molecule has 1 aromatic carbocycles. The molecular weight excluding hydrogens is 164 g/mol. The highest BCUT2D eigenvalue weighted by Crippen LogP contribution is 2.28. The third-order valence-corrected chi connectivity index (χ3v) is 2.38. The van der Waals surface area contributed by atoms with Crippen LogP contribution in [0.4, 0.5) is 0 Å². The molecule has 1 heterocycles. The average Bonchev–Trinajstić information content (AvgIpc) is 2.06. The number of hydrogen-bond donors (Lipinski definition) is 2. The quantitative estimate of drug-likeness (QED) is 0.666. The van der Waals surface area contributed by atoms with Crippen molar-refractivity contribution in [3.63, 3.8) is 0 Å². The average molecular weight is 174 g/mol. The standard InChI is InChI=1S/C10H10N2O/c11-4-7-1-2-10(13)9(3-7)8-5-12-6-8/h1-3,8,12-13H,5-6H2. The van der Waals surface area contributed by atoms with E-state index in [1.165, 1.54) is 0 Å². The summed E-state index contributed by atoms with van der Waals surface area (Å²) in [6.07, 6.45) is 0. The number of nitriles is 1. The summed E-state index contributed by atoms with van der Waals surface area (Å²) >= 11 is 0. The van der Waals surface area contributed by atoms with Gasteiger partial charge in [0.2, 0.25) is 0 Å². The lowest BCUT2D eigenvalue weighted by atomic mass is 9.92. The van der Waals surface area contributed by atoms with Crippen LogP contribution in [-0.2, 0) is 0 Å². The van der Waals surface area contributed by atoms with E-state index in [9.17, 15) is 5.11 Å². The van der Waals surface area contributed by atoms with E-state index in [0.717, 1.165) is 18.7 Å². The lowest BCUT2D eigenvalue weighted by molar-refractivity contribution is 0.413. The predicted molar refractivity (Wildman–Crippen MR) is 48.4 cm³/mol. The summed E-state index contributed by atoms with van der Waals surface area (Å²) in [6.45, 7) is 1.78. The Labute approximate surface area is 76.6 Å². The first-order chi connectivity index (χ1) is 6.31. The van der Waals surface area contributed by atoms with E-state index in [-0.39, 0.29) is 0 Å². The molecule has 3 heteroatoms. The molecule has 1 aliphatic rings. The first-order valence-electron chi connectivity index (χ1n) is 4.25. The Kier molecular flexibility index (Phi) is 1.91. The number of aromatic hydroxyl groups is 1. The summed E-state index contributed by atoms with van der Waals surface area (Å²) in [5.74, 6) is 0.666.